The van der Waals surface area contributed by atoms with E-state index in [9.17, 15) is 17.6 Å². The number of benzene rings is 3. The number of rotatable bonds is 11. The van der Waals surface area contributed by atoms with Crippen LogP contribution in [0.25, 0.3) is 0 Å². The molecule has 1 amide bonds. The first-order valence-electron chi connectivity index (χ1n) is 12.2. The van der Waals surface area contributed by atoms with Crippen LogP contribution in [-0.2, 0) is 34.4 Å². The molecule has 0 aromatic heterocycles. The minimum absolute atomic E-state index is 0.147. The number of methoxy groups -OCH3 is 1. The average molecular weight is 527 g/mol. The lowest BCUT2D eigenvalue weighted by Gasteiger charge is -2.17. The highest BCUT2D eigenvalue weighted by Crippen LogP contribution is 2.27. The Morgan fingerprint density at radius 3 is 2.32 bits per heavy atom. The van der Waals surface area contributed by atoms with Crippen LogP contribution in [0.3, 0.4) is 0 Å². The van der Waals surface area contributed by atoms with Crippen LogP contribution in [0.5, 0.6) is 11.5 Å². The Labute approximate surface area is 217 Å². The molecule has 1 heterocycles. The molecule has 7 nitrogen and oxygen atoms in total. The number of carbonyl (C=O) groups is 1. The zero-order valence-corrected chi connectivity index (χ0v) is 21.6. The third-order valence-electron chi connectivity index (χ3n) is 6.31. The molecule has 1 aliphatic heterocycles. The molecule has 0 aliphatic carbocycles. The van der Waals surface area contributed by atoms with E-state index in [1.165, 1.54) is 23.5 Å². The Hall–Kier alpha value is -3.43. The molecule has 0 radical (unpaired) electrons. The third kappa shape index (κ3) is 7.08. The average Bonchev–Trinajstić information content (AvgIpc) is 3.47. The van der Waals surface area contributed by atoms with Crippen molar-refractivity contribution in [2.24, 2.45) is 0 Å². The molecule has 3 aromatic rings. The number of aryl methyl sites for hydroxylation is 1. The van der Waals surface area contributed by atoms with Gasteiger partial charge in [-0.15, -0.1) is 0 Å². The molecule has 9 heteroatoms. The van der Waals surface area contributed by atoms with Crippen LogP contribution < -0.4 is 14.8 Å². The van der Waals surface area contributed by atoms with E-state index in [0.717, 1.165) is 24.0 Å². The predicted molar refractivity (Wildman–Crippen MR) is 138 cm³/mol. The van der Waals surface area contributed by atoms with Crippen molar-refractivity contribution in [3.05, 3.63) is 89.2 Å². The van der Waals surface area contributed by atoms with E-state index in [1.54, 1.807) is 30.3 Å². The minimum Gasteiger partial charge on any atom is -0.496 e. The molecule has 1 N–H and O–H groups in total. The summed E-state index contributed by atoms with van der Waals surface area (Å²) >= 11 is 0. The minimum atomic E-state index is -3.54. The number of hydrogen-bond acceptors (Lipinski definition) is 5. The zero-order valence-electron chi connectivity index (χ0n) is 20.8. The van der Waals surface area contributed by atoms with Crippen molar-refractivity contribution in [1.29, 1.82) is 0 Å². The maximum atomic E-state index is 13.0. The summed E-state index contributed by atoms with van der Waals surface area (Å²) in [6.45, 7) is 1.76. The summed E-state index contributed by atoms with van der Waals surface area (Å²) in [6, 6.07) is 18.4. The van der Waals surface area contributed by atoms with Gasteiger partial charge in [0.15, 0.2) is 0 Å². The number of amides is 1. The molecule has 196 valence electrons. The molecule has 0 spiro atoms. The Morgan fingerprint density at radius 1 is 0.973 bits per heavy atom. The normalized spacial score (nSPS) is 13.9. The van der Waals surface area contributed by atoms with Gasteiger partial charge in [0.05, 0.1) is 12.0 Å². The zero-order chi connectivity index (χ0) is 26.3. The van der Waals surface area contributed by atoms with Gasteiger partial charge < -0.3 is 14.8 Å². The lowest BCUT2D eigenvalue weighted by atomic mass is 10.1. The smallest absolute Gasteiger partial charge is 0.243 e. The van der Waals surface area contributed by atoms with Crippen molar-refractivity contribution in [2.45, 2.75) is 43.7 Å². The van der Waals surface area contributed by atoms with Crippen molar-refractivity contribution < 1.29 is 27.1 Å². The second-order valence-corrected chi connectivity index (χ2v) is 10.9. The van der Waals surface area contributed by atoms with Gasteiger partial charge in [-0.05, 0) is 78.4 Å². The van der Waals surface area contributed by atoms with E-state index in [0.29, 0.717) is 49.7 Å². The van der Waals surface area contributed by atoms with Gasteiger partial charge in [0.25, 0.3) is 0 Å². The second-order valence-electron chi connectivity index (χ2n) is 8.92. The van der Waals surface area contributed by atoms with Gasteiger partial charge in [-0.25, -0.2) is 12.8 Å². The summed E-state index contributed by atoms with van der Waals surface area (Å²) in [5.41, 5.74) is 2.47. The standard InChI is InChI=1S/C28H31FN2O5S/c1-35-27-14-13-26(37(33,34)31-16-2-3-17-31)18-23(27)8-15-28(32)30-19-21-6-11-25(12-7-21)36-20-22-4-9-24(29)10-5-22/h4-7,9-14,18H,2-3,8,15-17,19-20H2,1H3,(H,30,32). The Kier molecular flexibility index (Phi) is 8.78. The molecule has 1 aliphatic rings. The lowest BCUT2D eigenvalue weighted by Crippen LogP contribution is -2.28. The maximum absolute atomic E-state index is 13.0. The fourth-order valence-electron chi connectivity index (χ4n) is 4.18. The van der Waals surface area contributed by atoms with Gasteiger partial charge in [-0.3, -0.25) is 4.79 Å². The van der Waals surface area contributed by atoms with Crippen LogP contribution in [0.1, 0.15) is 36.0 Å². The molecule has 0 unspecified atom stereocenters. The van der Waals surface area contributed by atoms with Crippen LogP contribution in [0.4, 0.5) is 4.39 Å². The predicted octanol–water partition coefficient (Wildman–Crippen LogP) is 4.45. The number of carbonyl (C=O) groups excluding carboxylic acids is 1. The summed E-state index contributed by atoms with van der Waals surface area (Å²) in [4.78, 5) is 12.7. The van der Waals surface area contributed by atoms with Gasteiger partial charge >= 0.3 is 0 Å². The summed E-state index contributed by atoms with van der Waals surface area (Å²) in [5, 5.41) is 2.90. The quantitative estimate of drug-likeness (QED) is 0.399. The van der Waals surface area contributed by atoms with Crippen molar-refractivity contribution in [2.75, 3.05) is 20.2 Å². The highest BCUT2D eigenvalue weighted by Gasteiger charge is 2.27. The highest BCUT2D eigenvalue weighted by molar-refractivity contribution is 7.89. The van der Waals surface area contributed by atoms with E-state index in [4.69, 9.17) is 9.47 Å². The number of halogens is 1. The first kappa shape index (κ1) is 26.6. The third-order valence-corrected chi connectivity index (χ3v) is 8.20. The maximum Gasteiger partial charge on any atom is 0.243 e. The Balaban J connectivity index is 1.28. The Bertz CT molecular complexity index is 1310. The first-order valence-corrected chi connectivity index (χ1v) is 13.7. The van der Waals surface area contributed by atoms with Crippen LogP contribution >= 0.6 is 0 Å². The fraction of sp³-hybridized carbons (Fsp3) is 0.321. The van der Waals surface area contributed by atoms with E-state index >= 15 is 0 Å². The van der Waals surface area contributed by atoms with Gasteiger partial charge in [0, 0.05) is 26.1 Å². The lowest BCUT2D eigenvalue weighted by molar-refractivity contribution is -0.121. The number of nitrogens with zero attached hydrogens (tertiary/aromatic N) is 1. The highest BCUT2D eigenvalue weighted by atomic mass is 32.2. The van der Waals surface area contributed by atoms with E-state index < -0.39 is 10.0 Å². The number of ether oxygens (including phenoxy) is 2. The summed E-state index contributed by atoms with van der Waals surface area (Å²) in [6.07, 6.45) is 2.29. The molecule has 0 saturated carbocycles. The summed E-state index contributed by atoms with van der Waals surface area (Å²) in [7, 11) is -2.02. The van der Waals surface area contributed by atoms with Crippen molar-refractivity contribution in [1.82, 2.24) is 9.62 Å². The van der Waals surface area contributed by atoms with Gasteiger partial charge in [0.1, 0.15) is 23.9 Å². The van der Waals surface area contributed by atoms with E-state index in [-0.39, 0.29) is 23.0 Å². The first-order chi connectivity index (χ1) is 17.8. The monoisotopic (exact) mass is 526 g/mol. The second kappa shape index (κ2) is 12.2. The van der Waals surface area contributed by atoms with E-state index in [1.807, 2.05) is 24.3 Å². The molecule has 3 aromatic carbocycles. The molecule has 0 atom stereocenters. The van der Waals surface area contributed by atoms with Gasteiger partial charge in [-0.1, -0.05) is 24.3 Å². The SMILES string of the molecule is COc1ccc(S(=O)(=O)N2CCCC2)cc1CCC(=O)NCc1ccc(OCc2ccc(F)cc2)cc1. The molecule has 0 bridgehead atoms. The van der Waals surface area contributed by atoms with E-state index in [2.05, 4.69) is 5.32 Å². The number of sulfonamides is 1. The van der Waals surface area contributed by atoms with Crippen LogP contribution in [-0.4, -0.2) is 38.8 Å². The van der Waals surface area contributed by atoms with Crippen LogP contribution in [0.2, 0.25) is 0 Å². The van der Waals surface area contributed by atoms with Gasteiger partial charge in [-0.2, -0.15) is 4.31 Å². The van der Waals surface area contributed by atoms with Crippen LogP contribution in [0, 0.1) is 5.82 Å². The van der Waals surface area contributed by atoms with Crippen molar-refractivity contribution in [3.8, 4) is 11.5 Å². The number of hydrogen-bond donors (Lipinski definition) is 1. The van der Waals surface area contributed by atoms with Crippen molar-refractivity contribution >= 4 is 15.9 Å². The molecule has 1 fully saturated rings. The fourth-order valence-corrected chi connectivity index (χ4v) is 5.74. The largest absolute Gasteiger partial charge is 0.496 e. The molecule has 4 rings (SSSR count). The number of nitrogens with one attached hydrogen (secondary N) is 1. The molecule has 1 saturated heterocycles. The molecular weight excluding hydrogens is 495 g/mol. The summed E-state index contributed by atoms with van der Waals surface area (Å²) < 4.78 is 51.5. The van der Waals surface area contributed by atoms with Crippen LogP contribution in [0.15, 0.2) is 71.6 Å². The molecule has 37 heavy (non-hydrogen) atoms. The summed E-state index contributed by atoms with van der Waals surface area (Å²) in [5.74, 6) is 0.805. The molecular formula is C28H31FN2O5S. The van der Waals surface area contributed by atoms with Crippen molar-refractivity contribution in [3.63, 3.8) is 0 Å². The Morgan fingerprint density at radius 2 is 1.65 bits per heavy atom. The topological polar surface area (TPSA) is 84.9 Å². The van der Waals surface area contributed by atoms with Gasteiger partial charge in [0.2, 0.25) is 15.9 Å².